The second-order valence-corrected chi connectivity index (χ2v) is 10.7. The number of aliphatic hydroxyl groups excluding tert-OH is 1. The van der Waals surface area contributed by atoms with Gasteiger partial charge in [-0.3, -0.25) is 10.1 Å². The number of β-amino-alcohol motifs (C(OH)–C–C–N with tert-alkyl or cyclic N) is 1. The molecule has 0 saturated carbocycles. The molecule has 0 aliphatic carbocycles. The zero-order valence-corrected chi connectivity index (χ0v) is 21.9. The zero-order valence-electron chi connectivity index (χ0n) is 20.4. The minimum absolute atomic E-state index is 0.0318. The first-order valence-electron chi connectivity index (χ1n) is 11.7. The number of amides is 3. The maximum Gasteiger partial charge on any atom is 0.324 e. The fraction of sp³-hybridized carbons (Fsp3) is 0.346. The Morgan fingerprint density at radius 1 is 1.11 bits per heavy atom. The molecule has 2 aromatic carbocycles. The minimum atomic E-state index is -0.500. The van der Waals surface area contributed by atoms with Crippen molar-refractivity contribution in [2.45, 2.75) is 45.1 Å². The number of benzene rings is 2. The van der Waals surface area contributed by atoms with Crippen molar-refractivity contribution in [2.24, 2.45) is 0 Å². The van der Waals surface area contributed by atoms with Crippen LogP contribution < -0.4 is 10.6 Å². The molecular weight excluding hydrogens is 501 g/mol. The number of rotatable bonds is 5. The number of halogens is 2. The quantitative estimate of drug-likeness (QED) is 0.419. The maximum atomic E-state index is 12.8. The van der Waals surface area contributed by atoms with Gasteiger partial charge in [0.1, 0.15) is 5.82 Å². The zero-order chi connectivity index (χ0) is 26.0. The Labute approximate surface area is 220 Å². The standard InChI is InChI=1S/C26H29Cl2N5O3/c1-26(2,3)21-14-22(30-25(36)29-20-9-5-8-19(27)24(20)28)33(31-21)17-7-4-6-16(12-17)13-23(35)32-11-10-18(34)15-32/h4-9,12,14,18,34H,10-11,13,15H2,1-3H3,(H2,29,30,36)/t18-/m0/s1. The van der Waals surface area contributed by atoms with Crippen LogP contribution in [0.1, 0.15) is 38.4 Å². The molecule has 1 aromatic heterocycles. The van der Waals surface area contributed by atoms with Gasteiger partial charge < -0.3 is 15.3 Å². The van der Waals surface area contributed by atoms with Gasteiger partial charge in [-0.15, -0.1) is 0 Å². The molecule has 1 aliphatic rings. The predicted octanol–water partition coefficient (Wildman–Crippen LogP) is 5.26. The highest BCUT2D eigenvalue weighted by Crippen LogP contribution is 2.30. The van der Waals surface area contributed by atoms with Crippen LogP contribution in [0.15, 0.2) is 48.5 Å². The summed E-state index contributed by atoms with van der Waals surface area (Å²) in [5.41, 5.74) is 2.42. The number of carbonyl (C=O) groups excluding carboxylic acids is 2. The first-order chi connectivity index (χ1) is 17.0. The maximum absolute atomic E-state index is 12.8. The third-order valence-electron chi connectivity index (χ3n) is 5.95. The molecule has 2 heterocycles. The number of hydrogen-bond acceptors (Lipinski definition) is 4. The monoisotopic (exact) mass is 529 g/mol. The van der Waals surface area contributed by atoms with Gasteiger partial charge in [-0.1, -0.05) is 62.2 Å². The second kappa shape index (κ2) is 10.5. The van der Waals surface area contributed by atoms with E-state index < -0.39 is 12.1 Å². The van der Waals surface area contributed by atoms with Gasteiger partial charge in [-0.2, -0.15) is 5.10 Å². The normalized spacial score (nSPS) is 15.7. The van der Waals surface area contributed by atoms with Gasteiger partial charge in [0.15, 0.2) is 0 Å². The molecule has 8 nitrogen and oxygen atoms in total. The van der Waals surface area contributed by atoms with Gasteiger partial charge >= 0.3 is 6.03 Å². The lowest BCUT2D eigenvalue weighted by molar-refractivity contribution is -0.129. The number of aliphatic hydroxyl groups is 1. The van der Waals surface area contributed by atoms with E-state index in [-0.39, 0.29) is 22.8 Å². The Morgan fingerprint density at radius 2 is 1.86 bits per heavy atom. The van der Waals surface area contributed by atoms with E-state index in [4.69, 9.17) is 28.3 Å². The summed E-state index contributed by atoms with van der Waals surface area (Å²) in [5.74, 6) is 0.428. The van der Waals surface area contributed by atoms with E-state index in [1.165, 1.54) is 0 Å². The number of likely N-dealkylation sites (tertiary alicyclic amines) is 1. The molecule has 0 unspecified atom stereocenters. The summed E-state index contributed by atoms with van der Waals surface area (Å²) in [6.07, 6.45) is 0.359. The van der Waals surface area contributed by atoms with E-state index in [1.807, 2.05) is 51.1 Å². The molecular formula is C26H29Cl2N5O3. The summed E-state index contributed by atoms with van der Waals surface area (Å²) in [6.45, 7) is 7.04. The van der Waals surface area contributed by atoms with Crippen molar-refractivity contribution in [3.8, 4) is 5.69 Å². The van der Waals surface area contributed by atoms with Gasteiger partial charge in [0, 0.05) is 24.6 Å². The summed E-state index contributed by atoms with van der Waals surface area (Å²) < 4.78 is 1.65. The van der Waals surface area contributed by atoms with Crippen LogP contribution in [-0.4, -0.2) is 50.9 Å². The van der Waals surface area contributed by atoms with Crippen molar-refractivity contribution in [3.05, 3.63) is 69.8 Å². The molecule has 3 N–H and O–H groups in total. The number of anilines is 2. The molecule has 1 aliphatic heterocycles. The lowest BCUT2D eigenvalue weighted by Crippen LogP contribution is -2.30. The third kappa shape index (κ3) is 6.00. The van der Waals surface area contributed by atoms with Gasteiger partial charge in [0.25, 0.3) is 0 Å². The van der Waals surface area contributed by atoms with Crippen molar-refractivity contribution < 1.29 is 14.7 Å². The summed E-state index contributed by atoms with van der Waals surface area (Å²) >= 11 is 12.3. The van der Waals surface area contributed by atoms with E-state index in [1.54, 1.807) is 27.8 Å². The van der Waals surface area contributed by atoms with E-state index in [9.17, 15) is 14.7 Å². The lowest BCUT2D eigenvalue weighted by atomic mass is 9.92. The molecule has 190 valence electrons. The number of nitrogens with one attached hydrogen (secondary N) is 2. The summed E-state index contributed by atoms with van der Waals surface area (Å²) in [7, 11) is 0. The Kier molecular flexibility index (Phi) is 7.59. The Morgan fingerprint density at radius 3 is 2.56 bits per heavy atom. The van der Waals surface area contributed by atoms with Gasteiger partial charge in [0.05, 0.1) is 39.6 Å². The highest BCUT2D eigenvalue weighted by atomic mass is 35.5. The molecule has 1 saturated heterocycles. The highest BCUT2D eigenvalue weighted by Gasteiger charge is 2.25. The molecule has 10 heteroatoms. The SMILES string of the molecule is CC(C)(C)c1cc(NC(=O)Nc2cccc(Cl)c2Cl)n(-c2cccc(CC(=O)N3CC[C@H](O)C3)c2)n1. The molecule has 36 heavy (non-hydrogen) atoms. The Bertz CT molecular complexity index is 1280. The molecule has 4 rings (SSSR count). The average Bonchev–Trinajstić information content (AvgIpc) is 3.43. The highest BCUT2D eigenvalue weighted by molar-refractivity contribution is 6.44. The van der Waals surface area contributed by atoms with Crippen LogP contribution in [0, 0.1) is 0 Å². The molecule has 0 radical (unpaired) electrons. The minimum Gasteiger partial charge on any atom is -0.391 e. The number of nitrogens with zero attached hydrogens (tertiary/aromatic N) is 3. The molecule has 1 atom stereocenters. The number of urea groups is 1. The summed E-state index contributed by atoms with van der Waals surface area (Å²) in [5, 5.41) is 20.7. The van der Waals surface area contributed by atoms with Gasteiger partial charge in [0.2, 0.25) is 5.91 Å². The van der Waals surface area contributed by atoms with Crippen molar-refractivity contribution in [1.29, 1.82) is 0 Å². The van der Waals surface area contributed by atoms with E-state index in [2.05, 4.69) is 10.6 Å². The number of carbonyl (C=O) groups is 2. The van der Waals surface area contributed by atoms with Crippen LogP contribution in [0.5, 0.6) is 0 Å². The molecule has 0 bridgehead atoms. The van der Waals surface area contributed by atoms with Crippen LogP contribution in [0.4, 0.5) is 16.3 Å². The molecule has 3 amide bonds. The first-order valence-corrected chi connectivity index (χ1v) is 12.4. The van der Waals surface area contributed by atoms with Gasteiger partial charge in [-0.25, -0.2) is 9.48 Å². The second-order valence-electron chi connectivity index (χ2n) is 9.89. The van der Waals surface area contributed by atoms with Crippen LogP contribution in [0.2, 0.25) is 10.0 Å². The molecule has 0 spiro atoms. The van der Waals surface area contributed by atoms with Crippen molar-refractivity contribution in [2.75, 3.05) is 23.7 Å². The first kappa shape index (κ1) is 26.0. The van der Waals surface area contributed by atoms with E-state index in [0.29, 0.717) is 41.7 Å². The van der Waals surface area contributed by atoms with Crippen molar-refractivity contribution in [3.63, 3.8) is 0 Å². The van der Waals surface area contributed by atoms with Crippen LogP contribution in [0.3, 0.4) is 0 Å². The summed E-state index contributed by atoms with van der Waals surface area (Å²) in [4.78, 5) is 27.2. The van der Waals surface area contributed by atoms with E-state index in [0.717, 1.165) is 11.3 Å². The fourth-order valence-corrected chi connectivity index (χ4v) is 4.30. The third-order valence-corrected chi connectivity index (χ3v) is 6.76. The Balaban J connectivity index is 1.59. The van der Waals surface area contributed by atoms with Crippen LogP contribution in [-0.2, 0) is 16.6 Å². The fourth-order valence-electron chi connectivity index (χ4n) is 3.96. The van der Waals surface area contributed by atoms with Crippen molar-refractivity contribution >= 4 is 46.6 Å². The number of hydrogen-bond donors (Lipinski definition) is 3. The molecule has 1 fully saturated rings. The summed E-state index contributed by atoms with van der Waals surface area (Å²) in [6, 6.07) is 13.8. The smallest absolute Gasteiger partial charge is 0.324 e. The number of aromatic nitrogens is 2. The van der Waals surface area contributed by atoms with Crippen LogP contribution >= 0.6 is 23.2 Å². The lowest BCUT2D eigenvalue weighted by Gasteiger charge is -2.16. The predicted molar refractivity (Wildman–Crippen MR) is 142 cm³/mol. The van der Waals surface area contributed by atoms with Gasteiger partial charge in [-0.05, 0) is 36.2 Å². The van der Waals surface area contributed by atoms with Crippen molar-refractivity contribution in [1.82, 2.24) is 14.7 Å². The molecule has 3 aromatic rings. The van der Waals surface area contributed by atoms with E-state index >= 15 is 0 Å². The average molecular weight is 530 g/mol. The Hall–Kier alpha value is -3.07. The largest absolute Gasteiger partial charge is 0.391 e. The van der Waals surface area contributed by atoms with Crippen LogP contribution in [0.25, 0.3) is 5.69 Å². The topological polar surface area (TPSA) is 99.5 Å².